The summed E-state index contributed by atoms with van der Waals surface area (Å²) in [7, 11) is 4.20. The van der Waals surface area contributed by atoms with Crippen LogP contribution in [0.5, 0.6) is 0 Å². The molecule has 4 nitrogen and oxygen atoms in total. The molecule has 0 fully saturated rings. The summed E-state index contributed by atoms with van der Waals surface area (Å²) in [5, 5.41) is 0. The Morgan fingerprint density at radius 3 is 2.74 bits per heavy atom. The molecule has 1 aromatic carbocycles. The Hall–Kier alpha value is -1.39. The normalized spacial score (nSPS) is 13.3. The van der Waals surface area contributed by atoms with Gasteiger partial charge in [0.15, 0.2) is 0 Å². The average Bonchev–Trinajstić information content (AvgIpc) is 2.77. The summed E-state index contributed by atoms with van der Waals surface area (Å²) in [6.45, 7) is 4.16. The van der Waals surface area contributed by atoms with Crippen LogP contribution in [0, 0.1) is 0 Å². The summed E-state index contributed by atoms with van der Waals surface area (Å²) in [4.78, 5) is 6.91. The van der Waals surface area contributed by atoms with Crippen LogP contribution in [0.15, 0.2) is 24.3 Å². The van der Waals surface area contributed by atoms with Crippen molar-refractivity contribution in [3.8, 4) is 0 Å². The van der Waals surface area contributed by atoms with Gasteiger partial charge < -0.3 is 15.2 Å². The largest absolute Gasteiger partial charge is 0.327 e. The third kappa shape index (κ3) is 3.14. The summed E-state index contributed by atoms with van der Waals surface area (Å²) in [5.74, 6) is 1.02. The van der Waals surface area contributed by atoms with Crippen molar-refractivity contribution in [1.82, 2.24) is 14.5 Å². The van der Waals surface area contributed by atoms with Crippen molar-refractivity contribution in [1.29, 1.82) is 0 Å². The Bertz CT molecular complexity index is 530. The Morgan fingerprint density at radius 2 is 2.05 bits per heavy atom. The first kappa shape index (κ1) is 14.0. The molecule has 1 heterocycles. The van der Waals surface area contributed by atoms with Crippen LogP contribution in [0.1, 0.15) is 31.6 Å². The van der Waals surface area contributed by atoms with E-state index in [4.69, 9.17) is 10.7 Å². The first-order valence-corrected chi connectivity index (χ1v) is 6.99. The fourth-order valence-corrected chi connectivity index (χ4v) is 2.34. The molecule has 4 heteroatoms. The summed E-state index contributed by atoms with van der Waals surface area (Å²) >= 11 is 0. The summed E-state index contributed by atoms with van der Waals surface area (Å²) in [6, 6.07) is 8.30. The fourth-order valence-electron chi connectivity index (χ4n) is 2.34. The Morgan fingerprint density at radius 1 is 1.32 bits per heavy atom. The lowest BCUT2D eigenvalue weighted by Crippen LogP contribution is -2.19. The minimum atomic E-state index is 0.0201. The molecule has 0 aliphatic heterocycles. The van der Waals surface area contributed by atoms with Crippen molar-refractivity contribution in [3.63, 3.8) is 0 Å². The van der Waals surface area contributed by atoms with E-state index in [2.05, 4.69) is 48.7 Å². The highest BCUT2D eigenvalue weighted by Gasteiger charge is 2.15. The zero-order valence-corrected chi connectivity index (χ0v) is 12.1. The summed E-state index contributed by atoms with van der Waals surface area (Å²) in [6.07, 6.45) is 2.02. The summed E-state index contributed by atoms with van der Waals surface area (Å²) < 4.78 is 2.28. The SMILES string of the molecule is CCC(N)c1nc2ccccc2n1CCCN(C)C. The highest BCUT2D eigenvalue weighted by atomic mass is 15.1. The van der Waals surface area contributed by atoms with Gasteiger partial charge in [-0.2, -0.15) is 0 Å². The molecule has 0 saturated heterocycles. The monoisotopic (exact) mass is 260 g/mol. The van der Waals surface area contributed by atoms with Gasteiger partial charge in [-0.3, -0.25) is 0 Å². The van der Waals surface area contributed by atoms with Crippen molar-refractivity contribution in [2.45, 2.75) is 32.4 Å². The van der Waals surface area contributed by atoms with Gasteiger partial charge in [-0.15, -0.1) is 0 Å². The lowest BCUT2D eigenvalue weighted by Gasteiger charge is -2.15. The van der Waals surface area contributed by atoms with Crippen LogP contribution in [0.3, 0.4) is 0 Å². The number of benzene rings is 1. The van der Waals surface area contributed by atoms with E-state index in [0.29, 0.717) is 0 Å². The molecule has 2 rings (SSSR count). The second-order valence-electron chi connectivity index (χ2n) is 5.28. The maximum atomic E-state index is 6.20. The van der Waals surface area contributed by atoms with Crippen molar-refractivity contribution in [2.24, 2.45) is 5.73 Å². The molecule has 0 aliphatic rings. The number of nitrogens with two attached hydrogens (primary N) is 1. The van der Waals surface area contributed by atoms with Gasteiger partial charge in [0.05, 0.1) is 17.1 Å². The molecular formula is C15H24N4. The average molecular weight is 260 g/mol. The molecular weight excluding hydrogens is 236 g/mol. The third-order valence-electron chi connectivity index (χ3n) is 3.44. The molecule has 19 heavy (non-hydrogen) atoms. The molecule has 0 bridgehead atoms. The lowest BCUT2D eigenvalue weighted by atomic mass is 10.2. The van der Waals surface area contributed by atoms with Crippen LogP contribution in [0.2, 0.25) is 0 Å². The van der Waals surface area contributed by atoms with Gasteiger partial charge in [-0.25, -0.2) is 4.98 Å². The van der Waals surface area contributed by atoms with E-state index < -0.39 is 0 Å². The van der Waals surface area contributed by atoms with E-state index in [1.807, 2.05) is 6.07 Å². The molecule has 1 unspecified atom stereocenters. The number of para-hydroxylation sites is 2. The van der Waals surface area contributed by atoms with E-state index >= 15 is 0 Å². The van der Waals surface area contributed by atoms with Gasteiger partial charge in [0.1, 0.15) is 5.82 Å². The molecule has 0 aliphatic carbocycles. The molecule has 0 amide bonds. The smallest absolute Gasteiger partial charge is 0.126 e. The molecule has 0 saturated carbocycles. The van der Waals surface area contributed by atoms with Gasteiger partial charge >= 0.3 is 0 Å². The third-order valence-corrected chi connectivity index (χ3v) is 3.44. The first-order valence-electron chi connectivity index (χ1n) is 6.99. The molecule has 1 atom stereocenters. The molecule has 0 radical (unpaired) electrons. The van der Waals surface area contributed by atoms with Crippen LogP contribution < -0.4 is 5.73 Å². The second-order valence-corrected chi connectivity index (χ2v) is 5.28. The first-order chi connectivity index (χ1) is 9.13. The van der Waals surface area contributed by atoms with Gasteiger partial charge in [0, 0.05) is 6.54 Å². The Labute approximate surface area is 115 Å². The zero-order chi connectivity index (χ0) is 13.8. The molecule has 0 spiro atoms. The number of hydrogen-bond donors (Lipinski definition) is 1. The van der Waals surface area contributed by atoms with E-state index in [1.54, 1.807) is 0 Å². The minimum absolute atomic E-state index is 0.0201. The van der Waals surface area contributed by atoms with E-state index in [-0.39, 0.29) is 6.04 Å². The number of rotatable bonds is 6. The fraction of sp³-hybridized carbons (Fsp3) is 0.533. The summed E-state index contributed by atoms with van der Waals surface area (Å²) in [5.41, 5.74) is 8.44. The van der Waals surface area contributed by atoms with Crippen LogP contribution in [0.25, 0.3) is 11.0 Å². The standard InChI is InChI=1S/C15H24N4/c1-4-12(16)15-17-13-8-5-6-9-14(13)19(15)11-7-10-18(2)3/h5-6,8-9,12H,4,7,10-11,16H2,1-3H3. The van der Waals surface area contributed by atoms with Gasteiger partial charge in [-0.1, -0.05) is 19.1 Å². The maximum absolute atomic E-state index is 6.20. The van der Waals surface area contributed by atoms with E-state index in [1.165, 1.54) is 5.52 Å². The quantitative estimate of drug-likeness (QED) is 0.867. The number of imidazole rings is 1. The van der Waals surface area contributed by atoms with Crippen LogP contribution in [-0.4, -0.2) is 35.1 Å². The molecule has 1 aromatic heterocycles. The minimum Gasteiger partial charge on any atom is -0.327 e. The lowest BCUT2D eigenvalue weighted by molar-refractivity contribution is 0.384. The predicted molar refractivity (Wildman–Crippen MR) is 80.1 cm³/mol. The number of nitrogens with zero attached hydrogens (tertiary/aromatic N) is 3. The van der Waals surface area contributed by atoms with Gasteiger partial charge in [-0.05, 0) is 45.6 Å². The topological polar surface area (TPSA) is 47.1 Å². The van der Waals surface area contributed by atoms with Crippen LogP contribution in [0.4, 0.5) is 0 Å². The van der Waals surface area contributed by atoms with Crippen molar-refractivity contribution in [3.05, 3.63) is 30.1 Å². The number of aromatic nitrogens is 2. The van der Waals surface area contributed by atoms with Crippen molar-refractivity contribution in [2.75, 3.05) is 20.6 Å². The van der Waals surface area contributed by atoms with Crippen LogP contribution in [-0.2, 0) is 6.54 Å². The number of fused-ring (bicyclic) bond motifs is 1. The number of hydrogen-bond acceptors (Lipinski definition) is 3. The molecule has 2 aromatic rings. The highest BCUT2D eigenvalue weighted by Crippen LogP contribution is 2.21. The molecule has 2 N–H and O–H groups in total. The predicted octanol–water partition coefficient (Wildman–Crippen LogP) is 2.40. The van der Waals surface area contributed by atoms with Gasteiger partial charge in [0.25, 0.3) is 0 Å². The Balaban J connectivity index is 2.31. The highest BCUT2D eigenvalue weighted by molar-refractivity contribution is 5.76. The van der Waals surface area contributed by atoms with Gasteiger partial charge in [0.2, 0.25) is 0 Å². The number of aryl methyl sites for hydroxylation is 1. The second kappa shape index (κ2) is 6.17. The molecule has 104 valence electrons. The van der Waals surface area contributed by atoms with E-state index in [9.17, 15) is 0 Å². The zero-order valence-electron chi connectivity index (χ0n) is 12.1. The maximum Gasteiger partial charge on any atom is 0.126 e. The van der Waals surface area contributed by atoms with Crippen molar-refractivity contribution >= 4 is 11.0 Å². The Kier molecular flexibility index (Phi) is 4.56. The van der Waals surface area contributed by atoms with Crippen LogP contribution >= 0.6 is 0 Å². The van der Waals surface area contributed by atoms with E-state index in [0.717, 1.165) is 37.3 Å². The van der Waals surface area contributed by atoms with Crippen molar-refractivity contribution < 1.29 is 0 Å².